The molecule has 104 valence electrons. The first-order chi connectivity index (χ1) is 8.69. The summed E-state index contributed by atoms with van der Waals surface area (Å²) in [6, 6.07) is 0.606. The van der Waals surface area contributed by atoms with Gasteiger partial charge in [-0.3, -0.25) is 4.99 Å². The Balaban J connectivity index is 1.86. The van der Waals surface area contributed by atoms with Crippen molar-refractivity contribution in [3.8, 4) is 0 Å². The zero-order valence-electron chi connectivity index (χ0n) is 12.2. The first-order valence-corrected chi connectivity index (χ1v) is 8.61. The predicted octanol–water partition coefficient (Wildman–Crippen LogP) is 4.06. The highest BCUT2D eigenvalue weighted by atomic mass is 32.2. The normalized spacial score (nSPS) is 25.8. The van der Waals surface area contributed by atoms with E-state index in [1.54, 1.807) is 0 Å². The van der Waals surface area contributed by atoms with Crippen molar-refractivity contribution in [3.05, 3.63) is 0 Å². The van der Waals surface area contributed by atoms with E-state index in [4.69, 9.17) is 4.99 Å². The molecule has 1 aliphatic heterocycles. The molecule has 0 aromatic heterocycles. The van der Waals surface area contributed by atoms with Gasteiger partial charge in [0, 0.05) is 18.3 Å². The van der Waals surface area contributed by atoms with Crippen molar-refractivity contribution in [2.75, 3.05) is 12.3 Å². The average molecular weight is 268 g/mol. The van der Waals surface area contributed by atoms with Crippen LogP contribution in [0.4, 0.5) is 0 Å². The molecule has 0 aromatic rings. The molecule has 18 heavy (non-hydrogen) atoms. The predicted molar refractivity (Wildman–Crippen MR) is 82.3 cm³/mol. The maximum Gasteiger partial charge on any atom is 0.156 e. The highest BCUT2D eigenvalue weighted by Gasteiger charge is 2.31. The van der Waals surface area contributed by atoms with Crippen LogP contribution in [-0.4, -0.2) is 23.5 Å². The van der Waals surface area contributed by atoms with E-state index >= 15 is 0 Å². The van der Waals surface area contributed by atoms with E-state index in [0.29, 0.717) is 11.5 Å². The molecular weight excluding hydrogens is 240 g/mol. The van der Waals surface area contributed by atoms with Crippen LogP contribution in [0.3, 0.4) is 0 Å². The molecule has 0 spiro atoms. The van der Waals surface area contributed by atoms with Gasteiger partial charge in [0.15, 0.2) is 5.17 Å². The molecule has 1 aliphatic carbocycles. The Labute approximate surface area is 116 Å². The van der Waals surface area contributed by atoms with Gasteiger partial charge >= 0.3 is 0 Å². The molecule has 0 bridgehead atoms. The van der Waals surface area contributed by atoms with Gasteiger partial charge in [0.25, 0.3) is 0 Å². The molecule has 0 amide bonds. The third-order valence-electron chi connectivity index (χ3n) is 5.03. The SMILES string of the molecule is CCC1(CC)CN=C(NC(C)C2CCCC2)SC1. The van der Waals surface area contributed by atoms with Gasteiger partial charge < -0.3 is 5.32 Å². The van der Waals surface area contributed by atoms with Crippen LogP contribution in [0.2, 0.25) is 0 Å². The van der Waals surface area contributed by atoms with Crippen molar-refractivity contribution in [2.45, 2.75) is 65.3 Å². The van der Waals surface area contributed by atoms with E-state index in [2.05, 4.69) is 26.1 Å². The Morgan fingerprint density at radius 2 is 2.00 bits per heavy atom. The number of rotatable bonds is 4. The number of aliphatic imine (C=N–C) groups is 1. The lowest BCUT2D eigenvalue weighted by atomic mass is 9.84. The van der Waals surface area contributed by atoms with Gasteiger partial charge in [-0.2, -0.15) is 0 Å². The molecule has 1 N–H and O–H groups in total. The molecule has 1 unspecified atom stereocenters. The Bertz CT molecular complexity index is 291. The van der Waals surface area contributed by atoms with E-state index in [-0.39, 0.29) is 0 Å². The van der Waals surface area contributed by atoms with Gasteiger partial charge in [0.1, 0.15) is 0 Å². The standard InChI is InChI=1S/C15H28N2S/c1-4-15(5-2)10-16-14(18-11-15)17-12(3)13-8-6-7-9-13/h12-13H,4-11H2,1-3H3,(H,16,17). The van der Waals surface area contributed by atoms with Gasteiger partial charge in [-0.25, -0.2) is 0 Å². The largest absolute Gasteiger partial charge is 0.362 e. The second-order valence-corrected chi connectivity index (χ2v) is 7.06. The maximum atomic E-state index is 4.80. The smallest absolute Gasteiger partial charge is 0.156 e. The Morgan fingerprint density at radius 1 is 1.33 bits per heavy atom. The van der Waals surface area contributed by atoms with Crippen molar-refractivity contribution in [1.82, 2.24) is 5.32 Å². The van der Waals surface area contributed by atoms with E-state index in [1.807, 2.05) is 11.8 Å². The van der Waals surface area contributed by atoms with E-state index < -0.39 is 0 Å². The summed E-state index contributed by atoms with van der Waals surface area (Å²) < 4.78 is 0. The second-order valence-electron chi connectivity index (χ2n) is 6.09. The van der Waals surface area contributed by atoms with Crippen molar-refractivity contribution < 1.29 is 0 Å². The number of hydrogen-bond donors (Lipinski definition) is 1. The molecule has 3 heteroatoms. The summed E-state index contributed by atoms with van der Waals surface area (Å²) >= 11 is 1.95. The quantitative estimate of drug-likeness (QED) is 0.831. The molecule has 2 aliphatic rings. The van der Waals surface area contributed by atoms with Crippen LogP contribution in [0.1, 0.15) is 59.3 Å². The van der Waals surface area contributed by atoms with Crippen molar-refractivity contribution in [2.24, 2.45) is 16.3 Å². The topological polar surface area (TPSA) is 24.4 Å². The van der Waals surface area contributed by atoms with Crippen molar-refractivity contribution in [1.29, 1.82) is 0 Å². The minimum absolute atomic E-state index is 0.465. The molecule has 0 aromatic carbocycles. The highest BCUT2D eigenvalue weighted by molar-refractivity contribution is 8.13. The molecule has 2 nitrogen and oxygen atoms in total. The molecule has 1 saturated carbocycles. The summed E-state index contributed by atoms with van der Waals surface area (Å²) in [4.78, 5) is 4.80. The zero-order chi connectivity index (χ0) is 13.0. The van der Waals surface area contributed by atoms with Gasteiger partial charge in [-0.15, -0.1) is 0 Å². The summed E-state index contributed by atoms with van der Waals surface area (Å²) in [5, 5.41) is 4.86. The van der Waals surface area contributed by atoms with Crippen LogP contribution >= 0.6 is 11.8 Å². The van der Waals surface area contributed by atoms with Crippen LogP contribution in [-0.2, 0) is 0 Å². The second kappa shape index (κ2) is 6.31. The van der Waals surface area contributed by atoms with Crippen LogP contribution in [0.25, 0.3) is 0 Å². The Kier molecular flexibility index (Phi) is 4.99. The number of nitrogens with zero attached hydrogens (tertiary/aromatic N) is 1. The van der Waals surface area contributed by atoms with E-state index in [9.17, 15) is 0 Å². The van der Waals surface area contributed by atoms with E-state index in [0.717, 1.165) is 12.5 Å². The molecule has 2 rings (SSSR count). The molecular formula is C15H28N2S. The third kappa shape index (κ3) is 3.23. The van der Waals surface area contributed by atoms with Gasteiger partial charge in [0.2, 0.25) is 0 Å². The lowest BCUT2D eigenvalue weighted by Crippen LogP contribution is -2.40. The molecule has 0 saturated heterocycles. The lowest BCUT2D eigenvalue weighted by molar-refractivity contribution is 0.317. The summed E-state index contributed by atoms with van der Waals surface area (Å²) in [6.07, 6.45) is 8.16. The Hall–Kier alpha value is -0.180. The van der Waals surface area contributed by atoms with Gasteiger partial charge in [-0.1, -0.05) is 38.5 Å². The summed E-state index contributed by atoms with van der Waals surface area (Å²) in [5.41, 5.74) is 0.465. The van der Waals surface area contributed by atoms with Crippen LogP contribution < -0.4 is 5.32 Å². The fourth-order valence-corrected chi connectivity index (χ4v) is 4.45. The fraction of sp³-hybridized carbons (Fsp3) is 0.933. The summed E-state index contributed by atoms with van der Waals surface area (Å²) in [5.74, 6) is 2.11. The summed E-state index contributed by atoms with van der Waals surface area (Å²) in [6.45, 7) is 7.96. The number of nitrogens with one attached hydrogen (secondary N) is 1. The molecule has 0 radical (unpaired) electrons. The van der Waals surface area contributed by atoms with Gasteiger partial charge in [-0.05, 0) is 43.9 Å². The number of hydrogen-bond acceptors (Lipinski definition) is 3. The maximum absolute atomic E-state index is 4.80. The summed E-state index contributed by atoms with van der Waals surface area (Å²) in [7, 11) is 0. The highest BCUT2D eigenvalue weighted by Crippen LogP contribution is 2.35. The molecule has 1 atom stereocenters. The first-order valence-electron chi connectivity index (χ1n) is 7.63. The molecule has 1 fully saturated rings. The van der Waals surface area contributed by atoms with E-state index in [1.165, 1.54) is 49.4 Å². The zero-order valence-corrected chi connectivity index (χ0v) is 13.0. The lowest BCUT2D eigenvalue weighted by Gasteiger charge is -2.34. The minimum Gasteiger partial charge on any atom is -0.362 e. The van der Waals surface area contributed by atoms with Crippen molar-refractivity contribution in [3.63, 3.8) is 0 Å². The molecule has 1 heterocycles. The van der Waals surface area contributed by atoms with Crippen LogP contribution in [0, 0.1) is 11.3 Å². The van der Waals surface area contributed by atoms with Crippen LogP contribution in [0.15, 0.2) is 4.99 Å². The van der Waals surface area contributed by atoms with Crippen molar-refractivity contribution >= 4 is 16.9 Å². The minimum atomic E-state index is 0.465. The Morgan fingerprint density at radius 3 is 2.50 bits per heavy atom. The third-order valence-corrected chi connectivity index (χ3v) is 6.31. The van der Waals surface area contributed by atoms with Crippen LogP contribution in [0.5, 0.6) is 0 Å². The van der Waals surface area contributed by atoms with Gasteiger partial charge in [0.05, 0.1) is 0 Å². The first kappa shape index (κ1) is 14.2. The monoisotopic (exact) mass is 268 g/mol. The fourth-order valence-electron chi connectivity index (χ4n) is 3.09. The number of amidine groups is 1. The average Bonchev–Trinajstić information content (AvgIpc) is 2.94. The number of thioether (sulfide) groups is 1.